The second-order valence-corrected chi connectivity index (χ2v) is 5.22. The normalized spacial score (nSPS) is 14.7. The highest BCUT2D eigenvalue weighted by molar-refractivity contribution is 7.11. The average Bonchev–Trinajstić information content (AvgIpc) is 2.91. The maximum Gasteiger partial charge on any atom is 0.263 e. The van der Waals surface area contributed by atoms with Gasteiger partial charge in [-0.2, -0.15) is 5.10 Å². The van der Waals surface area contributed by atoms with Gasteiger partial charge in [-0.15, -0.1) is 11.3 Å². The van der Waals surface area contributed by atoms with Gasteiger partial charge in [-0.1, -0.05) is 0 Å². The summed E-state index contributed by atoms with van der Waals surface area (Å²) >= 11 is 1.43. The van der Waals surface area contributed by atoms with Gasteiger partial charge in [0.15, 0.2) is 0 Å². The Morgan fingerprint density at radius 3 is 3.17 bits per heavy atom. The van der Waals surface area contributed by atoms with Gasteiger partial charge in [0.2, 0.25) is 0 Å². The zero-order chi connectivity index (χ0) is 12.4. The molecule has 1 saturated carbocycles. The van der Waals surface area contributed by atoms with Gasteiger partial charge in [-0.3, -0.25) is 9.48 Å². The number of nitrogens with one attached hydrogen (secondary N) is 1. The Labute approximate surface area is 109 Å². The number of nitrogens with zero attached hydrogens (tertiary/aromatic N) is 3. The molecule has 0 unspecified atom stereocenters. The lowest BCUT2D eigenvalue weighted by Gasteiger charge is -2.05. The topological polar surface area (TPSA) is 59.8 Å². The van der Waals surface area contributed by atoms with E-state index in [4.69, 9.17) is 0 Å². The highest BCUT2D eigenvalue weighted by Crippen LogP contribution is 2.41. The lowest BCUT2D eigenvalue weighted by molar-refractivity contribution is 0.0955. The third-order valence-electron chi connectivity index (χ3n) is 2.95. The van der Waals surface area contributed by atoms with Crippen molar-refractivity contribution in [2.45, 2.75) is 25.3 Å². The minimum Gasteiger partial charge on any atom is -0.349 e. The molecule has 2 heterocycles. The van der Waals surface area contributed by atoms with Crippen LogP contribution in [0.1, 0.15) is 34.1 Å². The third kappa shape index (κ3) is 2.43. The van der Waals surface area contributed by atoms with Gasteiger partial charge in [0.05, 0.1) is 17.7 Å². The van der Waals surface area contributed by atoms with Crippen molar-refractivity contribution in [1.29, 1.82) is 0 Å². The Balaban J connectivity index is 1.56. The van der Waals surface area contributed by atoms with Crippen LogP contribution in [0.25, 0.3) is 0 Å². The van der Waals surface area contributed by atoms with Crippen LogP contribution in [0.2, 0.25) is 0 Å². The second kappa shape index (κ2) is 4.89. The van der Waals surface area contributed by atoms with Gasteiger partial charge in [0.25, 0.3) is 5.91 Å². The minimum absolute atomic E-state index is 0.00782. The maximum atomic E-state index is 12.0. The molecule has 1 fully saturated rings. The first-order valence-electron chi connectivity index (χ1n) is 6.03. The van der Waals surface area contributed by atoms with Crippen molar-refractivity contribution in [1.82, 2.24) is 20.1 Å². The lowest BCUT2D eigenvalue weighted by atomic mass is 10.2. The molecule has 0 radical (unpaired) electrons. The fraction of sp³-hybridized carbons (Fsp3) is 0.417. The fourth-order valence-corrected chi connectivity index (χ4v) is 2.66. The molecule has 0 atom stereocenters. The van der Waals surface area contributed by atoms with Gasteiger partial charge >= 0.3 is 0 Å². The smallest absolute Gasteiger partial charge is 0.263 e. The summed E-state index contributed by atoms with van der Waals surface area (Å²) in [5.74, 6) is 0.509. The van der Waals surface area contributed by atoms with E-state index in [1.807, 2.05) is 12.3 Å². The van der Waals surface area contributed by atoms with Crippen LogP contribution >= 0.6 is 11.3 Å². The Morgan fingerprint density at radius 1 is 1.56 bits per heavy atom. The number of hydrogen-bond acceptors (Lipinski definition) is 4. The van der Waals surface area contributed by atoms with Gasteiger partial charge in [0, 0.05) is 24.9 Å². The van der Waals surface area contributed by atoms with Crippen molar-refractivity contribution < 1.29 is 4.79 Å². The first kappa shape index (κ1) is 11.4. The Bertz CT molecular complexity index is 530. The van der Waals surface area contributed by atoms with Crippen LogP contribution in [-0.2, 0) is 6.54 Å². The van der Waals surface area contributed by atoms with E-state index in [0.29, 0.717) is 19.0 Å². The Hall–Kier alpha value is -1.69. The number of amides is 1. The molecule has 5 nitrogen and oxygen atoms in total. The van der Waals surface area contributed by atoms with E-state index in [0.717, 1.165) is 23.4 Å². The van der Waals surface area contributed by atoms with Gasteiger partial charge in [-0.25, -0.2) is 4.98 Å². The van der Waals surface area contributed by atoms with Crippen LogP contribution in [0.4, 0.5) is 0 Å². The van der Waals surface area contributed by atoms with Crippen LogP contribution in [0.5, 0.6) is 0 Å². The number of aromatic nitrogens is 3. The van der Waals surface area contributed by atoms with E-state index in [1.54, 1.807) is 16.4 Å². The number of rotatable bonds is 5. The molecule has 0 aromatic carbocycles. The molecule has 1 N–H and O–H groups in total. The van der Waals surface area contributed by atoms with Gasteiger partial charge in [-0.05, 0) is 18.9 Å². The standard InChI is InChI=1S/C12H14N4OS/c17-12(13-5-7-16-6-1-4-15-16)11-10(9-2-3-9)14-8-18-11/h1,4,6,8-9H,2-3,5,7H2,(H,13,17). The maximum absolute atomic E-state index is 12.0. The zero-order valence-electron chi connectivity index (χ0n) is 9.87. The second-order valence-electron chi connectivity index (χ2n) is 4.37. The third-order valence-corrected chi connectivity index (χ3v) is 3.79. The quantitative estimate of drug-likeness (QED) is 0.891. The molecule has 94 valence electrons. The molecule has 1 amide bonds. The highest BCUT2D eigenvalue weighted by Gasteiger charge is 2.30. The SMILES string of the molecule is O=C(NCCn1cccn1)c1scnc1C1CC1. The van der Waals surface area contributed by atoms with Gasteiger partial charge in [0.1, 0.15) is 4.88 Å². The van der Waals surface area contributed by atoms with Crippen LogP contribution in [0.3, 0.4) is 0 Å². The molecule has 0 saturated heterocycles. The van der Waals surface area contributed by atoms with Crippen molar-refractivity contribution in [3.8, 4) is 0 Å². The van der Waals surface area contributed by atoms with Crippen LogP contribution in [0, 0.1) is 0 Å². The van der Waals surface area contributed by atoms with Crippen LogP contribution < -0.4 is 5.32 Å². The molecule has 1 aliphatic carbocycles. The predicted molar refractivity (Wildman–Crippen MR) is 68.6 cm³/mol. The molecule has 18 heavy (non-hydrogen) atoms. The van der Waals surface area contributed by atoms with Gasteiger partial charge < -0.3 is 5.32 Å². The first-order chi connectivity index (χ1) is 8.84. The van der Waals surface area contributed by atoms with E-state index in [-0.39, 0.29) is 5.91 Å². The summed E-state index contributed by atoms with van der Waals surface area (Å²) in [5.41, 5.74) is 2.74. The predicted octanol–water partition coefficient (Wildman–Crippen LogP) is 1.65. The zero-order valence-corrected chi connectivity index (χ0v) is 10.7. The molecule has 2 aromatic heterocycles. The van der Waals surface area contributed by atoms with Crippen molar-refractivity contribution in [3.05, 3.63) is 34.5 Å². The fourth-order valence-electron chi connectivity index (χ4n) is 1.87. The summed E-state index contributed by atoms with van der Waals surface area (Å²) in [6, 6.07) is 1.87. The Kier molecular flexibility index (Phi) is 3.10. The lowest BCUT2D eigenvalue weighted by Crippen LogP contribution is -2.27. The summed E-state index contributed by atoms with van der Waals surface area (Å²) in [6.45, 7) is 1.28. The van der Waals surface area contributed by atoms with Crippen molar-refractivity contribution in [2.24, 2.45) is 0 Å². The van der Waals surface area contributed by atoms with Crippen molar-refractivity contribution in [3.63, 3.8) is 0 Å². The van der Waals surface area contributed by atoms with Crippen molar-refractivity contribution >= 4 is 17.2 Å². The number of carbonyl (C=O) groups excluding carboxylic acids is 1. The van der Waals surface area contributed by atoms with E-state index in [2.05, 4.69) is 15.4 Å². The number of carbonyl (C=O) groups is 1. The number of hydrogen-bond donors (Lipinski definition) is 1. The van der Waals surface area contributed by atoms with E-state index in [9.17, 15) is 4.79 Å². The van der Waals surface area contributed by atoms with E-state index in [1.165, 1.54) is 11.3 Å². The molecule has 0 bridgehead atoms. The molecule has 0 spiro atoms. The van der Waals surface area contributed by atoms with Crippen LogP contribution in [-0.4, -0.2) is 27.2 Å². The summed E-state index contributed by atoms with van der Waals surface area (Å²) < 4.78 is 1.80. The monoisotopic (exact) mass is 262 g/mol. The van der Waals surface area contributed by atoms with Crippen LogP contribution in [0.15, 0.2) is 24.0 Å². The van der Waals surface area contributed by atoms with Crippen molar-refractivity contribution in [2.75, 3.05) is 6.54 Å². The molecule has 0 aliphatic heterocycles. The largest absolute Gasteiger partial charge is 0.349 e. The van der Waals surface area contributed by atoms with E-state index >= 15 is 0 Å². The minimum atomic E-state index is -0.00782. The van der Waals surface area contributed by atoms with E-state index < -0.39 is 0 Å². The molecular formula is C12H14N4OS. The highest BCUT2D eigenvalue weighted by atomic mass is 32.1. The molecule has 2 aromatic rings. The molecule has 3 rings (SSSR count). The molecule has 1 aliphatic rings. The summed E-state index contributed by atoms with van der Waals surface area (Å²) in [4.78, 5) is 17.1. The summed E-state index contributed by atoms with van der Waals surface area (Å²) in [5, 5.41) is 7.00. The number of thiazole rings is 1. The summed E-state index contributed by atoms with van der Waals surface area (Å²) in [7, 11) is 0. The average molecular weight is 262 g/mol. The molecular weight excluding hydrogens is 248 g/mol. The summed E-state index contributed by atoms with van der Waals surface area (Å²) in [6.07, 6.45) is 5.94. The first-order valence-corrected chi connectivity index (χ1v) is 6.91. The Morgan fingerprint density at radius 2 is 2.44 bits per heavy atom. The molecule has 6 heteroatoms.